The molecule has 0 saturated heterocycles. The summed E-state index contributed by atoms with van der Waals surface area (Å²) in [4.78, 5) is 16.6. The number of halogens is 2. The number of amides is 1. The quantitative estimate of drug-likeness (QED) is 0.275. The molecule has 30 heavy (non-hydrogen) atoms. The molecule has 2 atom stereocenters. The Morgan fingerprint density at radius 3 is 2.70 bits per heavy atom. The molecule has 2 aromatic rings. The second-order valence-electron chi connectivity index (χ2n) is 7.02. The van der Waals surface area contributed by atoms with E-state index in [1.165, 1.54) is 0 Å². The number of nitrogens with zero attached hydrogens (tertiary/aromatic N) is 1. The highest BCUT2D eigenvalue weighted by Gasteiger charge is 2.24. The fourth-order valence-electron chi connectivity index (χ4n) is 3.25. The third-order valence-corrected chi connectivity index (χ3v) is 4.88. The fourth-order valence-corrected chi connectivity index (χ4v) is 3.37. The molecule has 0 aromatic heterocycles. The summed E-state index contributed by atoms with van der Waals surface area (Å²) in [6.45, 7) is 5.87. The highest BCUT2D eigenvalue weighted by Crippen LogP contribution is 2.31. The summed E-state index contributed by atoms with van der Waals surface area (Å²) in [6.07, 6.45) is 0.368. The number of carbonyl (C=O) groups excluding carboxylic acids is 1. The van der Waals surface area contributed by atoms with Crippen molar-refractivity contribution in [3.05, 3.63) is 59.1 Å². The lowest BCUT2D eigenvalue weighted by Gasteiger charge is -2.26. The van der Waals surface area contributed by atoms with E-state index in [-0.39, 0.29) is 41.9 Å². The Labute approximate surface area is 199 Å². The van der Waals surface area contributed by atoms with Crippen molar-refractivity contribution in [3.8, 4) is 5.75 Å². The van der Waals surface area contributed by atoms with E-state index in [4.69, 9.17) is 16.3 Å². The smallest absolute Gasteiger partial charge is 0.225 e. The van der Waals surface area contributed by atoms with Crippen LogP contribution >= 0.6 is 35.6 Å². The summed E-state index contributed by atoms with van der Waals surface area (Å²) in [5.41, 5.74) is 2.04. The number of benzene rings is 2. The van der Waals surface area contributed by atoms with Crippen LogP contribution in [0.3, 0.4) is 0 Å². The first kappa shape index (κ1) is 24.3. The van der Waals surface area contributed by atoms with Gasteiger partial charge < -0.3 is 20.7 Å². The molecule has 0 spiro atoms. The second-order valence-corrected chi connectivity index (χ2v) is 7.46. The molecule has 1 amide bonds. The summed E-state index contributed by atoms with van der Waals surface area (Å²) in [6, 6.07) is 15.2. The Hall–Kier alpha value is -2.00. The molecule has 3 N–H and O–H groups in total. The molecule has 0 saturated carbocycles. The zero-order chi connectivity index (χ0) is 20.6. The minimum absolute atomic E-state index is 0. The number of hydrogen-bond donors (Lipinski definition) is 3. The number of ether oxygens (including phenoxy) is 1. The topological polar surface area (TPSA) is 74.8 Å². The molecule has 0 aliphatic carbocycles. The van der Waals surface area contributed by atoms with Crippen molar-refractivity contribution >= 4 is 53.1 Å². The summed E-state index contributed by atoms with van der Waals surface area (Å²) >= 11 is 5.91. The fraction of sp³-hybridized carbons (Fsp3) is 0.364. The minimum Gasteiger partial charge on any atom is -0.489 e. The lowest BCUT2D eigenvalue weighted by Crippen LogP contribution is -2.41. The van der Waals surface area contributed by atoms with Crippen LogP contribution < -0.4 is 20.7 Å². The van der Waals surface area contributed by atoms with Crippen molar-refractivity contribution in [2.24, 2.45) is 4.99 Å². The first-order valence-corrected chi connectivity index (χ1v) is 10.3. The minimum atomic E-state index is -0.0900. The van der Waals surface area contributed by atoms with Gasteiger partial charge in [0, 0.05) is 36.1 Å². The maximum atomic E-state index is 12.0. The van der Waals surface area contributed by atoms with Crippen LogP contribution in [0.4, 0.5) is 5.69 Å². The monoisotopic (exact) mass is 542 g/mol. The van der Waals surface area contributed by atoms with Crippen LogP contribution in [0.25, 0.3) is 0 Å². The van der Waals surface area contributed by atoms with E-state index in [1.807, 2.05) is 44.2 Å². The molecule has 8 heteroatoms. The SMILES string of the molecule is CCNC(=NCC(C)Oc1ccc(Cl)cc1)NCC1CC(=O)Nc2ccccc21.I. The zero-order valence-corrected chi connectivity index (χ0v) is 20.2. The molecule has 2 aromatic carbocycles. The molecule has 0 bridgehead atoms. The van der Waals surface area contributed by atoms with Gasteiger partial charge in [-0.15, -0.1) is 24.0 Å². The number of nitrogens with one attached hydrogen (secondary N) is 3. The lowest BCUT2D eigenvalue weighted by atomic mass is 9.90. The van der Waals surface area contributed by atoms with E-state index in [0.717, 1.165) is 23.5 Å². The third kappa shape index (κ3) is 7.05. The number of anilines is 1. The van der Waals surface area contributed by atoms with Crippen LogP contribution in [-0.2, 0) is 4.79 Å². The summed E-state index contributed by atoms with van der Waals surface area (Å²) in [5.74, 6) is 1.62. The van der Waals surface area contributed by atoms with Gasteiger partial charge in [0.25, 0.3) is 0 Å². The number of carbonyl (C=O) groups is 1. The van der Waals surface area contributed by atoms with Crippen LogP contribution in [0.15, 0.2) is 53.5 Å². The van der Waals surface area contributed by atoms with Gasteiger partial charge in [-0.1, -0.05) is 29.8 Å². The molecule has 0 fully saturated rings. The molecule has 1 heterocycles. The molecule has 1 aliphatic heterocycles. The summed E-state index contributed by atoms with van der Waals surface area (Å²) in [7, 11) is 0. The number of hydrogen-bond acceptors (Lipinski definition) is 3. The Morgan fingerprint density at radius 2 is 1.97 bits per heavy atom. The van der Waals surface area contributed by atoms with Crippen molar-refractivity contribution in [1.82, 2.24) is 10.6 Å². The van der Waals surface area contributed by atoms with Gasteiger partial charge in [-0.3, -0.25) is 4.79 Å². The number of fused-ring (bicyclic) bond motifs is 1. The van der Waals surface area contributed by atoms with E-state index >= 15 is 0 Å². The number of para-hydroxylation sites is 1. The predicted molar refractivity (Wildman–Crippen MR) is 133 cm³/mol. The Bertz CT molecular complexity index is 860. The highest BCUT2D eigenvalue weighted by molar-refractivity contribution is 14.0. The first-order chi connectivity index (χ1) is 14.0. The predicted octanol–water partition coefficient (Wildman–Crippen LogP) is 4.41. The first-order valence-electron chi connectivity index (χ1n) is 9.88. The summed E-state index contributed by atoms with van der Waals surface area (Å²) in [5, 5.41) is 10.2. The molecular weight excluding hydrogens is 515 g/mol. The molecule has 0 radical (unpaired) electrons. The van der Waals surface area contributed by atoms with Crippen molar-refractivity contribution in [3.63, 3.8) is 0 Å². The van der Waals surface area contributed by atoms with Crippen LogP contribution in [0.2, 0.25) is 5.02 Å². The molecule has 6 nitrogen and oxygen atoms in total. The Balaban J connectivity index is 0.00000320. The normalized spacial score (nSPS) is 16.6. The second kappa shape index (κ2) is 12.0. The third-order valence-electron chi connectivity index (χ3n) is 4.62. The molecule has 2 unspecified atom stereocenters. The van der Waals surface area contributed by atoms with Gasteiger partial charge in [-0.2, -0.15) is 0 Å². The van der Waals surface area contributed by atoms with Crippen molar-refractivity contribution < 1.29 is 9.53 Å². The maximum Gasteiger partial charge on any atom is 0.225 e. The average Bonchev–Trinajstić information content (AvgIpc) is 2.71. The van der Waals surface area contributed by atoms with Crippen molar-refractivity contribution in [2.75, 3.05) is 25.0 Å². The standard InChI is InChI=1S/C22H27ClN4O2.HI/c1-3-24-22(25-13-15(2)29-18-10-8-17(23)9-11-18)26-14-16-12-21(28)27-20-7-5-4-6-19(16)20;/h4-11,15-16H,3,12-14H2,1-2H3,(H,27,28)(H2,24,25,26);1H. The lowest BCUT2D eigenvalue weighted by molar-refractivity contribution is -0.116. The zero-order valence-electron chi connectivity index (χ0n) is 17.2. The molecule has 3 rings (SSSR count). The van der Waals surface area contributed by atoms with E-state index in [0.29, 0.717) is 30.5 Å². The summed E-state index contributed by atoms with van der Waals surface area (Å²) < 4.78 is 5.88. The number of aliphatic imine (C=N–C) groups is 1. The molecule has 162 valence electrons. The van der Waals surface area contributed by atoms with Gasteiger partial charge in [0.15, 0.2) is 5.96 Å². The average molecular weight is 543 g/mol. The highest BCUT2D eigenvalue weighted by atomic mass is 127. The molecule has 1 aliphatic rings. The van der Waals surface area contributed by atoms with Gasteiger partial charge in [0.2, 0.25) is 5.91 Å². The van der Waals surface area contributed by atoms with Gasteiger partial charge in [0.1, 0.15) is 11.9 Å². The Kier molecular flexibility index (Phi) is 9.71. The van der Waals surface area contributed by atoms with E-state index < -0.39 is 0 Å². The van der Waals surface area contributed by atoms with E-state index in [1.54, 1.807) is 12.1 Å². The van der Waals surface area contributed by atoms with Crippen molar-refractivity contribution in [2.45, 2.75) is 32.3 Å². The van der Waals surface area contributed by atoms with Gasteiger partial charge in [-0.25, -0.2) is 4.99 Å². The maximum absolute atomic E-state index is 12.0. The van der Waals surface area contributed by atoms with Crippen LogP contribution in [-0.4, -0.2) is 37.6 Å². The van der Waals surface area contributed by atoms with Gasteiger partial charge in [0.05, 0.1) is 6.54 Å². The number of guanidine groups is 1. The van der Waals surface area contributed by atoms with E-state index in [2.05, 4.69) is 27.0 Å². The van der Waals surface area contributed by atoms with Crippen LogP contribution in [0.5, 0.6) is 5.75 Å². The van der Waals surface area contributed by atoms with Gasteiger partial charge in [-0.05, 0) is 49.7 Å². The Morgan fingerprint density at radius 1 is 1.23 bits per heavy atom. The molecular formula is C22H28ClIN4O2. The van der Waals surface area contributed by atoms with Crippen LogP contribution in [0, 0.1) is 0 Å². The van der Waals surface area contributed by atoms with E-state index in [9.17, 15) is 4.79 Å². The van der Waals surface area contributed by atoms with Crippen LogP contribution in [0.1, 0.15) is 31.7 Å². The largest absolute Gasteiger partial charge is 0.489 e. The number of rotatable bonds is 7. The van der Waals surface area contributed by atoms with Crippen molar-refractivity contribution in [1.29, 1.82) is 0 Å². The van der Waals surface area contributed by atoms with Gasteiger partial charge >= 0.3 is 0 Å².